The van der Waals surface area contributed by atoms with E-state index in [4.69, 9.17) is 4.74 Å². The zero-order valence-corrected chi connectivity index (χ0v) is 20.0. The number of ether oxygens (including phenoxy) is 1. The summed E-state index contributed by atoms with van der Waals surface area (Å²) in [5, 5.41) is 1.35. The Morgan fingerprint density at radius 3 is 2.56 bits per heavy atom. The summed E-state index contributed by atoms with van der Waals surface area (Å²) in [4.78, 5) is 18.6. The van der Waals surface area contributed by atoms with Crippen molar-refractivity contribution in [1.29, 1.82) is 0 Å². The number of hydrogen-bond acceptors (Lipinski definition) is 8. The molecule has 1 aliphatic heterocycles. The van der Waals surface area contributed by atoms with E-state index in [0.29, 0.717) is 33.7 Å². The fraction of sp³-hybridized carbons (Fsp3) is 0.250. The number of rotatable bonds is 6. The molecule has 9 nitrogen and oxygen atoms in total. The van der Waals surface area contributed by atoms with Crippen LogP contribution in [-0.4, -0.2) is 54.5 Å². The van der Waals surface area contributed by atoms with Gasteiger partial charge in [0.05, 0.1) is 23.3 Å². The minimum atomic E-state index is -3.88. The molecule has 5 rings (SSSR count). The molecule has 0 atom stereocenters. The first-order chi connectivity index (χ1) is 17.3. The van der Waals surface area contributed by atoms with Gasteiger partial charge in [-0.05, 0) is 41.8 Å². The van der Waals surface area contributed by atoms with Crippen LogP contribution in [0.15, 0.2) is 66.1 Å². The Balaban J connectivity index is 1.48. The summed E-state index contributed by atoms with van der Waals surface area (Å²) >= 11 is 0. The Morgan fingerprint density at radius 1 is 1.03 bits per heavy atom. The van der Waals surface area contributed by atoms with Crippen LogP contribution in [0.5, 0.6) is 5.88 Å². The second kappa shape index (κ2) is 9.26. The second-order valence-corrected chi connectivity index (χ2v) is 9.99. The van der Waals surface area contributed by atoms with Gasteiger partial charge >= 0.3 is 0 Å². The van der Waals surface area contributed by atoms with Crippen LogP contribution in [0, 0.1) is 0 Å². The Hall–Kier alpha value is -3.93. The van der Waals surface area contributed by atoms with Crippen LogP contribution in [0.25, 0.3) is 22.0 Å². The van der Waals surface area contributed by atoms with Crippen molar-refractivity contribution in [3.8, 4) is 17.1 Å². The monoisotopic (exact) mass is 512 g/mol. The number of pyridine rings is 2. The summed E-state index contributed by atoms with van der Waals surface area (Å²) < 4.78 is 60.8. The maximum absolute atomic E-state index is 13.6. The molecule has 1 fully saturated rings. The third-order valence-electron chi connectivity index (χ3n) is 5.98. The average Bonchev–Trinajstić information content (AvgIpc) is 2.88. The number of anilines is 2. The molecule has 1 N–H and O–H groups in total. The van der Waals surface area contributed by atoms with Gasteiger partial charge in [0.2, 0.25) is 5.88 Å². The standard InChI is InChI=1S/C24H22F2N6O3S/c1-35-23-19(4-5-21(30-23)32-12-8-24(25,26)9-13-32)22-18-3-2-17(14-16(18)6-11-28-22)36(33,34)31-20-7-10-27-15-29-20/h2-7,10-11,14-15H,8-9,12-13H2,1H3,(H,27,29,31). The smallest absolute Gasteiger partial charge is 0.263 e. The fourth-order valence-corrected chi connectivity index (χ4v) is 5.13. The van der Waals surface area contributed by atoms with Crippen molar-refractivity contribution in [2.75, 3.05) is 29.8 Å². The number of nitrogens with one attached hydrogen (secondary N) is 1. The molecular formula is C24H22F2N6O3S. The van der Waals surface area contributed by atoms with Gasteiger partial charge < -0.3 is 9.64 Å². The number of benzene rings is 1. The van der Waals surface area contributed by atoms with Crippen molar-refractivity contribution in [3.63, 3.8) is 0 Å². The van der Waals surface area contributed by atoms with Gasteiger partial charge in [-0.2, -0.15) is 4.98 Å². The minimum Gasteiger partial charge on any atom is -0.480 e. The van der Waals surface area contributed by atoms with Crippen molar-refractivity contribution in [1.82, 2.24) is 19.9 Å². The number of aromatic nitrogens is 4. The zero-order chi connectivity index (χ0) is 25.3. The molecule has 0 aliphatic carbocycles. The second-order valence-electron chi connectivity index (χ2n) is 8.31. The van der Waals surface area contributed by atoms with Gasteiger partial charge in [0.1, 0.15) is 18.0 Å². The highest BCUT2D eigenvalue weighted by Crippen LogP contribution is 2.36. The van der Waals surface area contributed by atoms with Gasteiger partial charge in [0.25, 0.3) is 15.9 Å². The van der Waals surface area contributed by atoms with E-state index in [1.54, 1.807) is 36.5 Å². The van der Waals surface area contributed by atoms with E-state index >= 15 is 0 Å². The predicted octanol–water partition coefficient (Wildman–Crippen LogP) is 4.13. The molecule has 3 aromatic heterocycles. The van der Waals surface area contributed by atoms with Crippen molar-refractivity contribution in [2.24, 2.45) is 0 Å². The Morgan fingerprint density at radius 2 is 1.83 bits per heavy atom. The van der Waals surface area contributed by atoms with E-state index in [2.05, 4.69) is 24.7 Å². The van der Waals surface area contributed by atoms with Gasteiger partial charge in [-0.1, -0.05) is 6.07 Å². The number of methoxy groups -OCH3 is 1. The normalized spacial score (nSPS) is 15.6. The third-order valence-corrected chi connectivity index (χ3v) is 7.33. The highest BCUT2D eigenvalue weighted by molar-refractivity contribution is 7.92. The van der Waals surface area contributed by atoms with E-state index in [9.17, 15) is 17.2 Å². The molecule has 0 saturated carbocycles. The Kier molecular flexibility index (Phi) is 6.12. The molecule has 0 radical (unpaired) electrons. The topological polar surface area (TPSA) is 110 Å². The average molecular weight is 513 g/mol. The predicted molar refractivity (Wildman–Crippen MR) is 131 cm³/mol. The van der Waals surface area contributed by atoms with Gasteiger partial charge in [-0.3, -0.25) is 9.71 Å². The van der Waals surface area contributed by atoms with E-state index in [1.165, 1.54) is 31.8 Å². The summed E-state index contributed by atoms with van der Waals surface area (Å²) in [7, 11) is -2.40. The molecule has 0 spiro atoms. The maximum atomic E-state index is 13.6. The van der Waals surface area contributed by atoms with E-state index in [1.807, 2.05) is 4.90 Å². The number of piperidine rings is 1. The van der Waals surface area contributed by atoms with Crippen LogP contribution in [0.4, 0.5) is 20.4 Å². The summed E-state index contributed by atoms with van der Waals surface area (Å²) in [6.07, 6.45) is 3.83. The number of alkyl halides is 2. The largest absolute Gasteiger partial charge is 0.480 e. The third kappa shape index (κ3) is 4.76. The van der Waals surface area contributed by atoms with Crippen LogP contribution in [0.3, 0.4) is 0 Å². The Bertz CT molecular complexity index is 1510. The first-order valence-corrected chi connectivity index (χ1v) is 12.6. The molecule has 36 heavy (non-hydrogen) atoms. The maximum Gasteiger partial charge on any atom is 0.263 e. The van der Waals surface area contributed by atoms with Gasteiger partial charge in [-0.15, -0.1) is 0 Å². The van der Waals surface area contributed by atoms with Crippen molar-refractivity contribution in [2.45, 2.75) is 23.7 Å². The van der Waals surface area contributed by atoms with E-state index in [-0.39, 0.29) is 36.6 Å². The summed E-state index contributed by atoms with van der Waals surface area (Å²) in [6, 6.07) is 11.4. The zero-order valence-electron chi connectivity index (χ0n) is 19.2. The lowest BCUT2D eigenvalue weighted by Gasteiger charge is -2.32. The molecule has 0 bridgehead atoms. The van der Waals surface area contributed by atoms with Crippen LogP contribution < -0.4 is 14.4 Å². The lowest BCUT2D eigenvalue weighted by atomic mass is 10.0. The molecule has 4 aromatic rings. The van der Waals surface area contributed by atoms with Crippen LogP contribution in [0.1, 0.15) is 12.8 Å². The van der Waals surface area contributed by atoms with Gasteiger partial charge in [-0.25, -0.2) is 27.2 Å². The molecule has 1 aliphatic rings. The Labute approximate surface area is 206 Å². The lowest BCUT2D eigenvalue weighted by molar-refractivity contribution is -0.0221. The van der Waals surface area contributed by atoms with Crippen molar-refractivity contribution < 1.29 is 21.9 Å². The van der Waals surface area contributed by atoms with Crippen molar-refractivity contribution >= 4 is 32.4 Å². The molecule has 12 heteroatoms. The first kappa shape index (κ1) is 23.8. The molecule has 1 aromatic carbocycles. The van der Waals surface area contributed by atoms with Crippen LogP contribution >= 0.6 is 0 Å². The quantitative estimate of drug-likeness (QED) is 0.411. The molecule has 0 amide bonds. The van der Waals surface area contributed by atoms with Crippen LogP contribution in [-0.2, 0) is 10.0 Å². The van der Waals surface area contributed by atoms with Gasteiger partial charge in [0.15, 0.2) is 0 Å². The summed E-state index contributed by atoms with van der Waals surface area (Å²) in [6.45, 7) is 0.407. The summed E-state index contributed by atoms with van der Waals surface area (Å²) in [5.41, 5.74) is 1.16. The van der Waals surface area contributed by atoms with Gasteiger partial charge in [0, 0.05) is 43.7 Å². The first-order valence-electron chi connectivity index (χ1n) is 11.1. The number of fused-ring (bicyclic) bond motifs is 1. The van der Waals surface area contributed by atoms with Crippen molar-refractivity contribution in [3.05, 3.63) is 61.2 Å². The highest BCUT2D eigenvalue weighted by atomic mass is 32.2. The fourth-order valence-electron chi connectivity index (χ4n) is 4.09. The molecule has 0 unspecified atom stereocenters. The van der Waals surface area contributed by atoms with Crippen LogP contribution in [0.2, 0.25) is 0 Å². The number of halogens is 2. The van der Waals surface area contributed by atoms with E-state index < -0.39 is 15.9 Å². The molecular weight excluding hydrogens is 490 g/mol. The number of sulfonamides is 1. The highest BCUT2D eigenvalue weighted by Gasteiger charge is 2.34. The van der Waals surface area contributed by atoms with E-state index in [0.717, 1.165) is 0 Å². The molecule has 186 valence electrons. The number of nitrogens with zero attached hydrogens (tertiary/aromatic N) is 5. The number of hydrogen-bond donors (Lipinski definition) is 1. The lowest BCUT2D eigenvalue weighted by Crippen LogP contribution is -2.39. The molecule has 1 saturated heterocycles. The summed E-state index contributed by atoms with van der Waals surface area (Å²) in [5.74, 6) is -1.64. The SMILES string of the molecule is COc1nc(N2CCC(F)(F)CC2)ccc1-c1nccc2cc(S(=O)(=O)Nc3ccncn3)ccc12. The minimum absolute atomic E-state index is 0.0631. The molecule has 4 heterocycles.